The molecule has 1 aromatic heterocycles. The van der Waals surface area contributed by atoms with Crippen LogP contribution in [0.2, 0.25) is 0 Å². The van der Waals surface area contributed by atoms with Crippen LogP contribution in [0.3, 0.4) is 0 Å². The molecule has 27 heavy (non-hydrogen) atoms. The fourth-order valence-electron chi connectivity index (χ4n) is 2.84. The van der Waals surface area contributed by atoms with Crippen molar-refractivity contribution in [3.63, 3.8) is 0 Å². The molecule has 0 aliphatic rings. The number of ether oxygens (including phenoxy) is 1. The van der Waals surface area contributed by atoms with Gasteiger partial charge < -0.3 is 10.1 Å². The number of para-hydroxylation sites is 1. The average molecular weight is 352 g/mol. The van der Waals surface area contributed by atoms with E-state index in [1.165, 1.54) is 5.56 Å². The van der Waals surface area contributed by atoms with Crippen LogP contribution in [0.5, 0.6) is 11.5 Å². The lowest BCUT2D eigenvalue weighted by Gasteiger charge is -2.10. The Balaban J connectivity index is 1.39. The zero-order chi connectivity index (χ0) is 18.3. The van der Waals surface area contributed by atoms with Crippen LogP contribution in [0.25, 0.3) is 11.3 Å². The normalized spacial score (nSPS) is 10.4. The van der Waals surface area contributed by atoms with E-state index in [2.05, 4.69) is 34.6 Å². The van der Waals surface area contributed by atoms with Crippen molar-refractivity contribution in [2.45, 2.75) is 6.54 Å². The van der Waals surface area contributed by atoms with Crippen LogP contribution in [-0.2, 0) is 6.54 Å². The van der Waals surface area contributed by atoms with E-state index < -0.39 is 0 Å². The minimum atomic E-state index is 0.750. The Morgan fingerprint density at radius 1 is 0.704 bits per heavy atom. The average Bonchev–Trinajstić information content (AvgIpc) is 2.75. The summed E-state index contributed by atoms with van der Waals surface area (Å²) in [6, 6.07) is 32.2. The molecule has 0 spiro atoms. The monoisotopic (exact) mass is 352 g/mol. The minimum Gasteiger partial charge on any atom is -0.457 e. The number of hydrogen-bond acceptors (Lipinski definition) is 3. The summed E-state index contributed by atoms with van der Waals surface area (Å²) in [6.45, 7) is 0.750. The van der Waals surface area contributed by atoms with Gasteiger partial charge in [0.2, 0.25) is 0 Å². The second kappa shape index (κ2) is 8.19. The number of aromatic nitrogens is 1. The number of benzene rings is 3. The van der Waals surface area contributed by atoms with Gasteiger partial charge in [-0.2, -0.15) is 0 Å². The van der Waals surface area contributed by atoms with Crippen molar-refractivity contribution in [2.24, 2.45) is 0 Å². The zero-order valence-corrected chi connectivity index (χ0v) is 14.9. The predicted molar refractivity (Wildman–Crippen MR) is 110 cm³/mol. The maximum Gasteiger partial charge on any atom is 0.127 e. The molecule has 4 aromatic rings. The predicted octanol–water partition coefficient (Wildman–Crippen LogP) is 6.15. The molecule has 0 atom stereocenters. The molecule has 0 saturated heterocycles. The fraction of sp³-hybridized carbons (Fsp3) is 0.0417. The third kappa shape index (κ3) is 4.53. The summed E-state index contributed by atoms with van der Waals surface area (Å²) >= 11 is 0. The summed E-state index contributed by atoms with van der Waals surface area (Å²) in [6.07, 6.45) is 1.82. The first-order chi connectivity index (χ1) is 13.4. The van der Waals surface area contributed by atoms with Gasteiger partial charge in [-0.05, 0) is 60.2 Å². The van der Waals surface area contributed by atoms with Gasteiger partial charge in [-0.15, -0.1) is 0 Å². The largest absolute Gasteiger partial charge is 0.457 e. The Morgan fingerprint density at radius 3 is 2.26 bits per heavy atom. The van der Waals surface area contributed by atoms with E-state index in [9.17, 15) is 0 Å². The SMILES string of the molecule is c1ccc(Oc2ccc(NCc3cccc(-c4ccccn4)c3)cc2)cc1. The van der Waals surface area contributed by atoms with Gasteiger partial charge >= 0.3 is 0 Å². The Morgan fingerprint density at radius 2 is 1.48 bits per heavy atom. The molecule has 0 amide bonds. The van der Waals surface area contributed by atoms with E-state index >= 15 is 0 Å². The molecule has 0 unspecified atom stereocenters. The summed E-state index contributed by atoms with van der Waals surface area (Å²) in [5.41, 5.74) is 4.38. The second-order valence-electron chi connectivity index (χ2n) is 6.21. The van der Waals surface area contributed by atoms with Gasteiger partial charge in [0.25, 0.3) is 0 Å². The van der Waals surface area contributed by atoms with Crippen LogP contribution in [-0.4, -0.2) is 4.98 Å². The number of nitrogens with zero attached hydrogens (tertiary/aromatic N) is 1. The maximum absolute atomic E-state index is 5.83. The molecule has 0 radical (unpaired) electrons. The standard InChI is InChI=1S/C24H20N2O/c1-2-9-22(10-3-1)27-23-14-12-21(13-15-23)26-18-19-7-6-8-20(17-19)24-11-4-5-16-25-24/h1-17,26H,18H2. The first kappa shape index (κ1) is 16.9. The van der Waals surface area contributed by atoms with E-state index in [1.54, 1.807) is 0 Å². The molecule has 132 valence electrons. The quantitative estimate of drug-likeness (QED) is 0.452. The van der Waals surface area contributed by atoms with E-state index in [0.29, 0.717) is 0 Å². The van der Waals surface area contributed by atoms with Crippen LogP contribution in [0.15, 0.2) is 103 Å². The topological polar surface area (TPSA) is 34.1 Å². The van der Waals surface area contributed by atoms with Crippen molar-refractivity contribution in [1.29, 1.82) is 0 Å². The third-order valence-electron chi connectivity index (χ3n) is 4.22. The number of anilines is 1. The third-order valence-corrected chi connectivity index (χ3v) is 4.22. The zero-order valence-electron chi connectivity index (χ0n) is 14.9. The molecule has 0 aliphatic heterocycles. The van der Waals surface area contributed by atoms with Crippen molar-refractivity contribution in [3.8, 4) is 22.8 Å². The number of rotatable bonds is 6. The van der Waals surface area contributed by atoms with Crippen molar-refractivity contribution in [3.05, 3.63) is 109 Å². The lowest BCUT2D eigenvalue weighted by atomic mass is 10.1. The molecule has 0 saturated carbocycles. The smallest absolute Gasteiger partial charge is 0.127 e. The van der Waals surface area contributed by atoms with Gasteiger partial charge in [-0.1, -0.05) is 42.5 Å². The van der Waals surface area contributed by atoms with E-state index in [4.69, 9.17) is 4.74 Å². The summed E-state index contributed by atoms with van der Waals surface area (Å²) < 4.78 is 5.83. The van der Waals surface area contributed by atoms with E-state index in [1.807, 2.05) is 79.0 Å². The highest BCUT2D eigenvalue weighted by molar-refractivity contribution is 5.60. The molecule has 4 rings (SSSR count). The highest BCUT2D eigenvalue weighted by Crippen LogP contribution is 2.23. The first-order valence-corrected chi connectivity index (χ1v) is 8.94. The molecule has 3 aromatic carbocycles. The van der Waals surface area contributed by atoms with Crippen LogP contribution < -0.4 is 10.1 Å². The summed E-state index contributed by atoms with van der Waals surface area (Å²) in [5, 5.41) is 3.45. The first-order valence-electron chi connectivity index (χ1n) is 8.94. The lowest BCUT2D eigenvalue weighted by Crippen LogP contribution is -1.99. The van der Waals surface area contributed by atoms with E-state index in [0.717, 1.165) is 35.0 Å². The number of nitrogens with one attached hydrogen (secondary N) is 1. The second-order valence-corrected chi connectivity index (χ2v) is 6.21. The van der Waals surface area contributed by atoms with Gasteiger partial charge in [0, 0.05) is 24.0 Å². The molecule has 1 heterocycles. The molecular formula is C24H20N2O. The van der Waals surface area contributed by atoms with Crippen molar-refractivity contribution in [2.75, 3.05) is 5.32 Å². The Bertz CT molecular complexity index is 984. The van der Waals surface area contributed by atoms with E-state index in [-0.39, 0.29) is 0 Å². The van der Waals surface area contributed by atoms with Gasteiger partial charge in [0.1, 0.15) is 11.5 Å². The van der Waals surface area contributed by atoms with Crippen molar-refractivity contribution in [1.82, 2.24) is 4.98 Å². The van der Waals surface area contributed by atoms with Crippen LogP contribution >= 0.6 is 0 Å². The Kier molecular flexibility index (Phi) is 5.11. The van der Waals surface area contributed by atoms with Gasteiger partial charge in [-0.3, -0.25) is 4.98 Å². The molecule has 0 bridgehead atoms. The van der Waals surface area contributed by atoms with Crippen molar-refractivity contribution >= 4 is 5.69 Å². The Labute approximate surface area is 159 Å². The molecule has 0 fully saturated rings. The van der Waals surface area contributed by atoms with Gasteiger partial charge in [0.05, 0.1) is 5.69 Å². The summed E-state index contributed by atoms with van der Waals surface area (Å²) in [5.74, 6) is 1.66. The highest BCUT2D eigenvalue weighted by atomic mass is 16.5. The lowest BCUT2D eigenvalue weighted by molar-refractivity contribution is 0.483. The molecular weight excluding hydrogens is 332 g/mol. The van der Waals surface area contributed by atoms with Gasteiger partial charge in [-0.25, -0.2) is 0 Å². The molecule has 1 N–H and O–H groups in total. The molecule has 3 nitrogen and oxygen atoms in total. The minimum absolute atomic E-state index is 0.750. The van der Waals surface area contributed by atoms with Gasteiger partial charge in [0.15, 0.2) is 0 Å². The molecule has 3 heteroatoms. The highest BCUT2D eigenvalue weighted by Gasteiger charge is 2.01. The maximum atomic E-state index is 5.83. The Hall–Kier alpha value is -3.59. The summed E-state index contributed by atoms with van der Waals surface area (Å²) in [7, 11) is 0. The number of hydrogen-bond donors (Lipinski definition) is 1. The van der Waals surface area contributed by atoms with Crippen LogP contribution in [0, 0.1) is 0 Å². The van der Waals surface area contributed by atoms with Crippen LogP contribution in [0.1, 0.15) is 5.56 Å². The number of pyridine rings is 1. The van der Waals surface area contributed by atoms with Crippen LogP contribution in [0.4, 0.5) is 5.69 Å². The molecule has 0 aliphatic carbocycles. The fourth-order valence-corrected chi connectivity index (χ4v) is 2.84. The van der Waals surface area contributed by atoms with Crippen molar-refractivity contribution < 1.29 is 4.74 Å². The summed E-state index contributed by atoms with van der Waals surface area (Å²) in [4.78, 5) is 4.42.